The second-order valence-corrected chi connectivity index (χ2v) is 6.83. The number of carbonyl (C=O) groups is 2. The predicted molar refractivity (Wildman–Crippen MR) is 96.6 cm³/mol. The highest BCUT2D eigenvalue weighted by Gasteiger charge is 2.14. The van der Waals surface area contributed by atoms with E-state index in [0.717, 1.165) is 34.9 Å². The predicted octanol–water partition coefficient (Wildman–Crippen LogP) is 3.72. The van der Waals surface area contributed by atoms with Crippen LogP contribution in [0.1, 0.15) is 35.7 Å². The summed E-state index contributed by atoms with van der Waals surface area (Å²) in [6.07, 6.45) is 3.82. The Morgan fingerprint density at radius 2 is 2.17 bits per heavy atom. The first-order valence-electron chi connectivity index (χ1n) is 7.98. The molecule has 0 atom stereocenters. The van der Waals surface area contributed by atoms with Gasteiger partial charge in [0.25, 0.3) is 5.91 Å². The lowest BCUT2D eigenvalue weighted by Gasteiger charge is -2.11. The van der Waals surface area contributed by atoms with Gasteiger partial charge >= 0.3 is 0 Å². The van der Waals surface area contributed by atoms with Crippen LogP contribution >= 0.6 is 11.8 Å². The third-order valence-electron chi connectivity index (χ3n) is 3.78. The molecule has 124 valence electrons. The van der Waals surface area contributed by atoms with Gasteiger partial charge in [0.15, 0.2) is 0 Å². The maximum absolute atomic E-state index is 12.3. The molecular weight excluding hydrogens is 322 g/mol. The molecule has 0 saturated carbocycles. The molecule has 24 heavy (non-hydrogen) atoms. The molecule has 6 heteroatoms. The van der Waals surface area contributed by atoms with Crippen LogP contribution in [0.5, 0.6) is 0 Å². The number of aromatic nitrogens is 1. The Kier molecular flexibility index (Phi) is 5.15. The second-order valence-electron chi connectivity index (χ2n) is 5.55. The molecular formula is C18H19N3O2S. The van der Waals surface area contributed by atoms with Crippen LogP contribution in [-0.4, -0.2) is 22.6 Å². The molecule has 1 aliphatic rings. The van der Waals surface area contributed by atoms with Crippen molar-refractivity contribution < 1.29 is 9.59 Å². The van der Waals surface area contributed by atoms with E-state index in [2.05, 4.69) is 22.5 Å². The van der Waals surface area contributed by atoms with Crippen molar-refractivity contribution in [3.05, 3.63) is 47.7 Å². The van der Waals surface area contributed by atoms with Crippen molar-refractivity contribution in [3.63, 3.8) is 0 Å². The van der Waals surface area contributed by atoms with Gasteiger partial charge in [0.1, 0.15) is 0 Å². The SMILES string of the molecule is CCSc1ccc(C(=O)Nc2ccc3c(c2)NC(=O)CCC3)cn1. The van der Waals surface area contributed by atoms with Gasteiger partial charge in [-0.05, 0) is 48.4 Å². The normalized spacial score (nSPS) is 13.6. The monoisotopic (exact) mass is 341 g/mol. The summed E-state index contributed by atoms with van der Waals surface area (Å²) in [5, 5.41) is 6.65. The molecule has 1 aliphatic heterocycles. The number of benzene rings is 1. The minimum atomic E-state index is -0.213. The van der Waals surface area contributed by atoms with E-state index in [1.165, 1.54) is 0 Å². The van der Waals surface area contributed by atoms with Crippen molar-refractivity contribution in [2.75, 3.05) is 16.4 Å². The number of hydrogen-bond donors (Lipinski definition) is 2. The average molecular weight is 341 g/mol. The maximum Gasteiger partial charge on any atom is 0.257 e. The van der Waals surface area contributed by atoms with Gasteiger partial charge in [-0.15, -0.1) is 11.8 Å². The zero-order valence-corrected chi connectivity index (χ0v) is 14.3. The van der Waals surface area contributed by atoms with Crippen molar-refractivity contribution in [1.29, 1.82) is 0 Å². The first-order valence-corrected chi connectivity index (χ1v) is 8.97. The lowest BCUT2D eigenvalue weighted by atomic mass is 10.1. The Labute approximate surface area is 145 Å². The van der Waals surface area contributed by atoms with Crippen LogP contribution in [0.15, 0.2) is 41.6 Å². The zero-order valence-electron chi connectivity index (χ0n) is 13.5. The van der Waals surface area contributed by atoms with E-state index in [9.17, 15) is 9.59 Å². The van der Waals surface area contributed by atoms with Crippen LogP contribution in [-0.2, 0) is 11.2 Å². The second kappa shape index (κ2) is 7.49. The Bertz CT molecular complexity index is 759. The minimum Gasteiger partial charge on any atom is -0.326 e. The number of fused-ring (bicyclic) bond motifs is 1. The Morgan fingerprint density at radius 3 is 2.92 bits per heavy atom. The lowest BCUT2D eigenvalue weighted by Crippen LogP contribution is -2.13. The molecule has 0 aliphatic carbocycles. The number of nitrogens with zero attached hydrogens (tertiary/aromatic N) is 1. The fourth-order valence-electron chi connectivity index (χ4n) is 2.59. The van der Waals surface area contributed by atoms with E-state index in [-0.39, 0.29) is 11.8 Å². The van der Waals surface area contributed by atoms with E-state index < -0.39 is 0 Å². The van der Waals surface area contributed by atoms with Crippen molar-refractivity contribution >= 4 is 35.0 Å². The quantitative estimate of drug-likeness (QED) is 0.832. The van der Waals surface area contributed by atoms with E-state index >= 15 is 0 Å². The summed E-state index contributed by atoms with van der Waals surface area (Å²) in [4.78, 5) is 28.3. The first kappa shape index (κ1) is 16.5. The van der Waals surface area contributed by atoms with Gasteiger partial charge in [-0.25, -0.2) is 4.98 Å². The van der Waals surface area contributed by atoms with Crippen molar-refractivity contribution in [2.45, 2.75) is 31.2 Å². The number of carbonyl (C=O) groups excluding carboxylic acids is 2. The van der Waals surface area contributed by atoms with Gasteiger partial charge in [-0.2, -0.15) is 0 Å². The third kappa shape index (κ3) is 3.94. The largest absolute Gasteiger partial charge is 0.326 e. The van der Waals surface area contributed by atoms with Crippen LogP contribution in [0, 0.1) is 0 Å². The molecule has 0 unspecified atom stereocenters. The van der Waals surface area contributed by atoms with Gasteiger partial charge in [-0.1, -0.05) is 13.0 Å². The highest BCUT2D eigenvalue weighted by molar-refractivity contribution is 7.99. The van der Waals surface area contributed by atoms with Crippen LogP contribution in [0.4, 0.5) is 11.4 Å². The zero-order chi connectivity index (χ0) is 16.9. The van der Waals surface area contributed by atoms with Crippen LogP contribution in [0.3, 0.4) is 0 Å². The highest BCUT2D eigenvalue weighted by atomic mass is 32.2. The number of nitrogens with one attached hydrogen (secondary N) is 2. The Morgan fingerprint density at radius 1 is 1.29 bits per heavy atom. The highest BCUT2D eigenvalue weighted by Crippen LogP contribution is 2.26. The van der Waals surface area contributed by atoms with Gasteiger partial charge in [0.05, 0.1) is 10.6 Å². The molecule has 2 N–H and O–H groups in total. The number of hydrogen-bond acceptors (Lipinski definition) is 4. The van der Waals surface area contributed by atoms with Crippen LogP contribution < -0.4 is 10.6 Å². The third-order valence-corrected chi connectivity index (χ3v) is 4.61. The smallest absolute Gasteiger partial charge is 0.257 e. The molecule has 0 saturated heterocycles. The summed E-state index contributed by atoms with van der Waals surface area (Å²) in [6.45, 7) is 2.06. The summed E-state index contributed by atoms with van der Waals surface area (Å²) >= 11 is 1.63. The van der Waals surface area contributed by atoms with Gasteiger partial charge in [-0.3, -0.25) is 9.59 Å². The van der Waals surface area contributed by atoms with Gasteiger partial charge in [0, 0.05) is 24.0 Å². The summed E-state index contributed by atoms with van der Waals surface area (Å²) in [6, 6.07) is 9.25. The van der Waals surface area contributed by atoms with E-state index in [0.29, 0.717) is 17.7 Å². The molecule has 1 aromatic heterocycles. The number of thioether (sulfide) groups is 1. The molecule has 2 heterocycles. The van der Waals surface area contributed by atoms with E-state index in [1.807, 2.05) is 24.3 Å². The standard InChI is InChI=1S/C18H19N3O2S/c1-2-24-17-9-7-13(11-19-17)18(23)20-14-8-6-12-4-3-5-16(22)21-15(12)10-14/h6-11H,2-5H2,1H3,(H,20,23)(H,21,22). The molecule has 5 nitrogen and oxygen atoms in total. The number of amides is 2. The minimum absolute atomic E-state index is 0.0189. The molecule has 3 rings (SSSR count). The summed E-state index contributed by atoms with van der Waals surface area (Å²) < 4.78 is 0. The number of pyridine rings is 1. The summed E-state index contributed by atoms with van der Waals surface area (Å²) in [5.74, 6) is 0.750. The van der Waals surface area contributed by atoms with Crippen LogP contribution in [0.25, 0.3) is 0 Å². The molecule has 1 aromatic carbocycles. The van der Waals surface area contributed by atoms with Crippen molar-refractivity contribution in [3.8, 4) is 0 Å². The molecule has 2 amide bonds. The van der Waals surface area contributed by atoms with Gasteiger partial charge < -0.3 is 10.6 Å². The van der Waals surface area contributed by atoms with E-state index in [1.54, 1.807) is 24.0 Å². The molecule has 0 fully saturated rings. The average Bonchev–Trinajstić information content (AvgIpc) is 2.76. The van der Waals surface area contributed by atoms with Crippen molar-refractivity contribution in [1.82, 2.24) is 4.98 Å². The molecule has 0 spiro atoms. The fraction of sp³-hybridized carbons (Fsp3) is 0.278. The topological polar surface area (TPSA) is 71.1 Å². The molecule has 0 bridgehead atoms. The Balaban J connectivity index is 1.73. The summed E-state index contributed by atoms with van der Waals surface area (Å²) in [5.41, 5.74) is 3.05. The van der Waals surface area contributed by atoms with Gasteiger partial charge in [0.2, 0.25) is 5.91 Å². The number of rotatable bonds is 4. The Hall–Kier alpha value is -2.34. The fourth-order valence-corrected chi connectivity index (χ4v) is 3.18. The summed E-state index contributed by atoms with van der Waals surface area (Å²) in [7, 11) is 0. The lowest BCUT2D eigenvalue weighted by molar-refractivity contribution is -0.116. The molecule has 0 radical (unpaired) electrons. The molecule has 2 aromatic rings. The van der Waals surface area contributed by atoms with E-state index in [4.69, 9.17) is 0 Å². The van der Waals surface area contributed by atoms with Crippen molar-refractivity contribution in [2.24, 2.45) is 0 Å². The first-order chi connectivity index (χ1) is 11.7. The van der Waals surface area contributed by atoms with Crippen LogP contribution in [0.2, 0.25) is 0 Å². The number of anilines is 2. The maximum atomic E-state index is 12.3. The number of aryl methyl sites for hydroxylation is 1.